The third-order valence-corrected chi connectivity index (χ3v) is 4.23. The molecule has 0 unspecified atom stereocenters. The van der Waals surface area contributed by atoms with Gasteiger partial charge in [0, 0.05) is 12.8 Å². The first kappa shape index (κ1) is 18.2. The lowest BCUT2D eigenvalue weighted by atomic mass is 9.84. The first-order valence-electron chi connectivity index (χ1n) is 8.62. The van der Waals surface area contributed by atoms with Crippen LogP contribution < -0.4 is 4.74 Å². The zero-order chi connectivity index (χ0) is 18.5. The molecule has 0 saturated heterocycles. The number of phenolic OH excluding ortho intramolecular Hbond substituents is 1. The Bertz CT molecular complexity index is 779. The summed E-state index contributed by atoms with van der Waals surface area (Å²) in [5.74, 6) is 1.61. The quantitative estimate of drug-likeness (QED) is 0.617. The number of hydrogen-bond acceptors (Lipinski definition) is 3. The Kier molecular flexibility index (Phi) is 5.77. The predicted octanol–water partition coefficient (Wildman–Crippen LogP) is 4.93. The third-order valence-electron chi connectivity index (χ3n) is 4.23. The van der Waals surface area contributed by atoms with Crippen LogP contribution in [0.4, 0.5) is 0 Å². The molecule has 5 radical (unpaired) electrons. The van der Waals surface area contributed by atoms with Crippen LogP contribution in [0.25, 0.3) is 5.57 Å². The molecule has 1 N–H and O–H groups in total. The fourth-order valence-electron chi connectivity index (χ4n) is 3.10. The summed E-state index contributed by atoms with van der Waals surface area (Å²) in [6.45, 7) is 3.52. The van der Waals surface area contributed by atoms with Crippen molar-refractivity contribution in [2.75, 3.05) is 0 Å². The maximum atomic E-state index is 11.1. The zero-order valence-electron chi connectivity index (χ0n) is 14.9. The number of benzene rings is 2. The normalized spacial score (nSPS) is 15.6. The topological polar surface area (TPSA) is 46.5 Å². The molecule has 2 aromatic rings. The number of phenols is 1. The molecule has 0 aliphatic heterocycles. The van der Waals surface area contributed by atoms with E-state index in [1.165, 1.54) is 18.4 Å². The summed E-state index contributed by atoms with van der Waals surface area (Å²) in [5.41, 5.74) is 4.39. The van der Waals surface area contributed by atoms with Crippen molar-refractivity contribution in [3.8, 4) is 11.5 Å². The van der Waals surface area contributed by atoms with Gasteiger partial charge in [-0.2, -0.15) is 0 Å². The van der Waals surface area contributed by atoms with Gasteiger partial charge in [-0.15, -0.1) is 0 Å². The first-order valence-corrected chi connectivity index (χ1v) is 8.62. The van der Waals surface area contributed by atoms with Crippen molar-refractivity contribution in [3.05, 3.63) is 96.8 Å². The molecular formula is C23H21O3. The Balaban J connectivity index is 2.07. The van der Waals surface area contributed by atoms with Crippen molar-refractivity contribution in [3.63, 3.8) is 0 Å². The second-order valence-corrected chi connectivity index (χ2v) is 6.05. The van der Waals surface area contributed by atoms with Crippen molar-refractivity contribution in [2.45, 2.75) is 20.3 Å². The van der Waals surface area contributed by atoms with E-state index in [9.17, 15) is 9.90 Å². The molecular weight excluding hydrogens is 324 g/mol. The minimum atomic E-state index is -0.335. The summed E-state index contributed by atoms with van der Waals surface area (Å²) in [5, 5.41) is 9.64. The van der Waals surface area contributed by atoms with Crippen molar-refractivity contribution in [1.82, 2.24) is 0 Å². The summed E-state index contributed by atoms with van der Waals surface area (Å²) in [4.78, 5) is 11.1. The number of carbonyl (C=O) groups is 1. The number of carbonyl (C=O) groups excluding carboxylic acids is 1. The molecule has 26 heavy (non-hydrogen) atoms. The van der Waals surface area contributed by atoms with Gasteiger partial charge < -0.3 is 9.84 Å². The van der Waals surface area contributed by atoms with Crippen LogP contribution in [0.2, 0.25) is 0 Å². The standard InChI is InChI=1S/C23H21O3/c1-3-22(17-6-4-5-7-17)23(18-8-12-20(25)13-9-18)19-10-14-21(15-11-19)26-16(2)24/h4-15,25H,3H2,1-2H3/b23-22+. The summed E-state index contributed by atoms with van der Waals surface area (Å²) in [7, 11) is 0. The van der Waals surface area contributed by atoms with Crippen LogP contribution in [0.3, 0.4) is 0 Å². The summed E-state index contributed by atoms with van der Waals surface area (Å²) < 4.78 is 5.14. The van der Waals surface area contributed by atoms with E-state index in [0.717, 1.165) is 23.1 Å². The molecule has 1 fully saturated rings. The Morgan fingerprint density at radius 2 is 1.46 bits per heavy atom. The molecule has 1 saturated carbocycles. The van der Waals surface area contributed by atoms with E-state index >= 15 is 0 Å². The number of ether oxygens (including phenoxy) is 1. The van der Waals surface area contributed by atoms with Crippen LogP contribution in [-0.2, 0) is 4.79 Å². The van der Waals surface area contributed by atoms with Gasteiger partial charge in [-0.05, 0) is 73.1 Å². The first-order chi connectivity index (χ1) is 12.6. The zero-order valence-corrected chi connectivity index (χ0v) is 14.9. The lowest BCUT2D eigenvalue weighted by Crippen LogP contribution is -2.04. The monoisotopic (exact) mass is 345 g/mol. The van der Waals surface area contributed by atoms with Crippen molar-refractivity contribution in [2.24, 2.45) is 0 Å². The highest BCUT2D eigenvalue weighted by Gasteiger charge is 2.24. The van der Waals surface area contributed by atoms with Crippen LogP contribution in [0, 0.1) is 31.6 Å². The van der Waals surface area contributed by atoms with Crippen LogP contribution in [0.1, 0.15) is 31.4 Å². The molecule has 0 bridgehead atoms. The smallest absolute Gasteiger partial charge is 0.308 e. The summed E-state index contributed by atoms with van der Waals surface area (Å²) in [6, 6.07) is 14.7. The SMILES string of the molecule is CC/C([C]1[CH][CH][CH][CH]1)=C(/c1ccc(O)cc1)c1ccc(OC(C)=O)cc1. The molecule has 0 spiro atoms. The van der Waals surface area contributed by atoms with Crippen molar-refractivity contribution >= 4 is 11.5 Å². The van der Waals surface area contributed by atoms with Gasteiger partial charge in [-0.3, -0.25) is 4.79 Å². The van der Waals surface area contributed by atoms with Gasteiger partial charge in [0.25, 0.3) is 0 Å². The lowest BCUT2D eigenvalue weighted by molar-refractivity contribution is -0.131. The molecule has 131 valence electrons. The van der Waals surface area contributed by atoms with E-state index in [-0.39, 0.29) is 11.7 Å². The van der Waals surface area contributed by atoms with E-state index < -0.39 is 0 Å². The van der Waals surface area contributed by atoms with Crippen molar-refractivity contribution < 1.29 is 14.6 Å². The number of hydrogen-bond donors (Lipinski definition) is 1. The second kappa shape index (κ2) is 8.22. The molecule has 3 rings (SSSR count). The van der Waals surface area contributed by atoms with E-state index in [0.29, 0.717) is 5.75 Å². The Hall–Kier alpha value is -2.55. The number of aromatic hydroxyl groups is 1. The highest BCUT2D eigenvalue weighted by Crippen LogP contribution is 2.40. The van der Waals surface area contributed by atoms with E-state index in [1.54, 1.807) is 24.3 Å². The second-order valence-electron chi connectivity index (χ2n) is 6.05. The van der Waals surface area contributed by atoms with Gasteiger partial charge in [0.1, 0.15) is 11.5 Å². The van der Waals surface area contributed by atoms with Gasteiger partial charge >= 0.3 is 5.97 Å². The van der Waals surface area contributed by atoms with Crippen LogP contribution in [-0.4, -0.2) is 11.1 Å². The summed E-state index contributed by atoms with van der Waals surface area (Å²) >= 11 is 0. The highest BCUT2D eigenvalue weighted by atomic mass is 16.5. The van der Waals surface area contributed by atoms with E-state index in [2.05, 4.69) is 19.8 Å². The number of allylic oxidation sites excluding steroid dienone is 1. The third kappa shape index (κ3) is 4.16. The molecule has 0 amide bonds. The van der Waals surface area contributed by atoms with Gasteiger partial charge in [0.15, 0.2) is 0 Å². The largest absolute Gasteiger partial charge is 0.508 e. The average Bonchev–Trinajstić information content (AvgIpc) is 3.15. The molecule has 0 atom stereocenters. The molecule has 2 aromatic carbocycles. The van der Waals surface area contributed by atoms with Crippen LogP contribution >= 0.6 is 0 Å². The van der Waals surface area contributed by atoms with Crippen molar-refractivity contribution in [1.29, 1.82) is 0 Å². The molecule has 1 aliphatic rings. The number of esters is 1. The predicted molar refractivity (Wildman–Crippen MR) is 103 cm³/mol. The molecule has 3 nitrogen and oxygen atoms in total. The Morgan fingerprint density at radius 3 is 1.96 bits per heavy atom. The van der Waals surface area contributed by atoms with Crippen LogP contribution in [0.5, 0.6) is 11.5 Å². The fourth-order valence-corrected chi connectivity index (χ4v) is 3.10. The van der Waals surface area contributed by atoms with Gasteiger partial charge in [-0.1, -0.05) is 36.8 Å². The van der Waals surface area contributed by atoms with E-state index in [4.69, 9.17) is 4.74 Å². The molecule has 3 heteroatoms. The molecule has 0 heterocycles. The maximum absolute atomic E-state index is 11.1. The lowest BCUT2D eigenvalue weighted by Gasteiger charge is -2.20. The molecule has 0 aromatic heterocycles. The minimum absolute atomic E-state index is 0.240. The van der Waals surface area contributed by atoms with Gasteiger partial charge in [0.05, 0.1) is 0 Å². The van der Waals surface area contributed by atoms with Crippen LogP contribution in [0.15, 0.2) is 54.1 Å². The Morgan fingerprint density at radius 1 is 0.923 bits per heavy atom. The molecule has 1 aliphatic carbocycles. The van der Waals surface area contributed by atoms with Gasteiger partial charge in [-0.25, -0.2) is 0 Å². The summed E-state index contributed by atoms with van der Waals surface area (Å²) in [6.07, 6.45) is 9.14. The number of rotatable bonds is 5. The minimum Gasteiger partial charge on any atom is -0.508 e. The van der Waals surface area contributed by atoms with E-state index in [1.807, 2.05) is 37.1 Å². The Labute approximate surface area is 155 Å². The fraction of sp³-hybridized carbons (Fsp3) is 0.130. The maximum Gasteiger partial charge on any atom is 0.308 e. The van der Waals surface area contributed by atoms with Gasteiger partial charge in [0.2, 0.25) is 0 Å². The highest BCUT2D eigenvalue weighted by molar-refractivity contribution is 5.85. The average molecular weight is 345 g/mol.